The third-order valence-electron chi connectivity index (χ3n) is 6.67. The second-order valence-electron chi connectivity index (χ2n) is 9.38. The number of ether oxygens (including phenoxy) is 1. The van der Waals surface area contributed by atoms with E-state index >= 15 is 0 Å². The minimum absolute atomic E-state index is 0.0336. The second-order valence-corrected chi connectivity index (χ2v) is 12.4. The van der Waals surface area contributed by atoms with Crippen LogP contribution in [-0.4, -0.2) is 43.5 Å². The first-order chi connectivity index (χ1) is 19.5. The normalized spacial score (nSPS) is 13.0. The van der Waals surface area contributed by atoms with E-state index in [-0.39, 0.29) is 30.4 Å². The van der Waals surface area contributed by atoms with Crippen LogP contribution in [0.2, 0.25) is 0 Å². The molecule has 0 spiro atoms. The van der Waals surface area contributed by atoms with Crippen molar-refractivity contribution in [3.05, 3.63) is 92.9 Å². The minimum Gasteiger partial charge on any atom is -0.495 e. The van der Waals surface area contributed by atoms with Crippen molar-refractivity contribution in [2.75, 3.05) is 19.9 Å². The molecule has 3 heterocycles. The molecular weight excluding hydrogens is 570 g/mol. The molecule has 2 aromatic carbocycles. The van der Waals surface area contributed by atoms with Crippen LogP contribution in [0.15, 0.2) is 64.6 Å². The fourth-order valence-corrected chi connectivity index (χ4v) is 7.02. The van der Waals surface area contributed by atoms with Crippen molar-refractivity contribution >= 4 is 29.1 Å². The zero-order valence-corrected chi connectivity index (χ0v) is 24.5. The highest BCUT2D eigenvalue weighted by Crippen LogP contribution is 2.43. The summed E-state index contributed by atoms with van der Waals surface area (Å²) < 4.78 is 40.9. The van der Waals surface area contributed by atoms with Crippen LogP contribution >= 0.6 is 18.9 Å². The maximum absolute atomic E-state index is 13.8. The Labute approximate surface area is 238 Å². The molecule has 214 valence electrons. The SMILES string of the molecule is CCOP(=O)(O)CCn1c(=O)n(-c2ccc(F)cc2)c(=O)c2c(C)c(-c3ccc(-n4cnc(C)c4)c(OC)c3)sc21. The molecule has 0 aliphatic rings. The molecule has 5 rings (SSSR count). The molecule has 41 heavy (non-hydrogen) atoms. The number of aromatic nitrogens is 4. The Morgan fingerprint density at radius 1 is 1.12 bits per heavy atom. The molecule has 0 aliphatic heterocycles. The number of aryl methyl sites for hydroxylation is 3. The Hall–Kier alpha value is -3.83. The minimum atomic E-state index is -3.98. The highest BCUT2D eigenvalue weighted by atomic mass is 32.1. The topological polar surface area (TPSA) is 118 Å². The third-order valence-corrected chi connectivity index (χ3v) is 9.46. The summed E-state index contributed by atoms with van der Waals surface area (Å²) in [6.45, 7) is 5.14. The molecule has 0 aliphatic carbocycles. The average Bonchev–Trinajstić information content (AvgIpc) is 3.52. The fraction of sp³-hybridized carbons (Fsp3) is 0.250. The van der Waals surface area contributed by atoms with Crippen LogP contribution in [0.25, 0.3) is 32.0 Å². The van der Waals surface area contributed by atoms with Crippen molar-refractivity contribution in [1.29, 1.82) is 0 Å². The summed E-state index contributed by atoms with van der Waals surface area (Å²) in [5.74, 6) is 0.0641. The zero-order chi connectivity index (χ0) is 29.5. The van der Waals surface area contributed by atoms with E-state index in [1.807, 2.05) is 35.9 Å². The Kier molecular flexibility index (Phi) is 7.85. The van der Waals surface area contributed by atoms with Gasteiger partial charge in [-0.1, -0.05) is 6.07 Å². The van der Waals surface area contributed by atoms with Gasteiger partial charge < -0.3 is 18.7 Å². The number of benzene rings is 2. The van der Waals surface area contributed by atoms with E-state index in [0.717, 1.165) is 38.5 Å². The molecule has 0 fully saturated rings. The first-order valence-electron chi connectivity index (χ1n) is 12.7. The Morgan fingerprint density at radius 2 is 1.85 bits per heavy atom. The van der Waals surface area contributed by atoms with Gasteiger partial charge in [-0.3, -0.25) is 13.9 Å². The summed E-state index contributed by atoms with van der Waals surface area (Å²) in [5, 5.41) is 0.284. The number of fused-ring (bicyclic) bond motifs is 1. The molecule has 5 aromatic rings. The Balaban J connectivity index is 1.73. The van der Waals surface area contributed by atoms with Gasteiger partial charge in [-0.25, -0.2) is 18.7 Å². The summed E-state index contributed by atoms with van der Waals surface area (Å²) in [6, 6.07) is 10.6. The lowest BCUT2D eigenvalue weighted by molar-refractivity contribution is 0.272. The van der Waals surface area contributed by atoms with Gasteiger partial charge in [0.25, 0.3) is 5.56 Å². The quantitative estimate of drug-likeness (QED) is 0.236. The Morgan fingerprint density at radius 3 is 2.49 bits per heavy atom. The molecule has 0 saturated heterocycles. The summed E-state index contributed by atoms with van der Waals surface area (Å²) in [4.78, 5) is 43.1. The molecular formula is C28H28FN4O6PS. The number of hydrogen-bond donors (Lipinski definition) is 1. The molecule has 1 unspecified atom stereocenters. The van der Waals surface area contributed by atoms with Crippen LogP contribution in [-0.2, 0) is 15.6 Å². The maximum atomic E-state index is 13.8. The first kappa shape index (κ1) is 28.7. The number of hydrogen-bond acceptors (Lipinski definition) is 7. The maximum Gasteiger partial charge on any atom is 0.336 e. The summed E-state index contributed by atoms with van der Waals surface area (Å²) in [6.07, 6.45) is 3.23. The number of methoxy groups -OCH3 is 1. The van der Waals surface area contributed by atoms with E-state index in [2.05, 4.69) is 4.98 Å². The molecule has 1 atom stereocenters. The summed E-state index contributed by atoms with van der Waals surface area (Å²) >= 11 is 1.23. The van der Waals surface area contributed by atoms with Gasteiger partial charge in [0.05, 0.1) is 48.7 Å². The van der Waals surface area contributed by atoms with Gasteiger partial charge in [0.2, 0.25) is 0 Å². The highest BCUT2D eigenvalue weighted by Gasteiger charge is 2.25. The van der Waals surface area contributed by atoms with Gasteiger partial charge in [-0.2, -0.15) is 0 Å². The lowest BCUT2D eigenvalue weighted by Crippen LogP contribution is -2.39. The highest BCUT2D eigenvalue weighted by molar-refractivity contribution is 7.52. The van der Waals surface area contributed by atoms with E-state index in [0.29, 0.717) is 16.1 Å². The smallest absolute Gasteiger partial charge is 0.336 e. The van der Waals surface area contributed by atoms with Crippen LogP contribution in [0.5, 0.6) is 5.75 Å². The summed E-state index contributed by atoms with van der Waals surface area (Å²) in [7, 11) is -2.42. The monoisotopic (exact) mass is 598 g/mol. The summed E-state index contributed by atoms with van der Waals surface area (Å²) in [5.41, 5.74) is 1.93. The fourth-order valence-electron chi connectivity index (χ4n) is 4.71. The van der Waals surface area contributed by atoms with Crippen molar-refractivity contribution in [2.24, 2.45) is 0 Å². The van der Waals surface area contributed by atoms with Crippen molar-refractivity contribution < 1.29 is 23.1 Å². The van der Waals surface area contributed by atoms with Crippen LogP contribution in [0.3, 0.4) is 0 Å². The van der Waals surface area contributed by atoms with E-state index in [4.69, 9.17) is 9.26 Å². The number of rotatable bonds is 9. The van der Waals surface area contributed by atoms with Gasteiger partial charge >= 0.3 is 13.3 Å². The molecule has 1 N–H and O–H groups in total. The molecule has 13 heteroatoms. The van der Waals surface area contributed by atoms with Crippen LogP contribution in [0, 0.1) is 19.7 Å². The molecule has 0 amide bonds. The predicted molar refractivity (Wildman–Crippen MR) is 157 cm³/mol. The lowest BCUT2D eigenvalue weighted by atomic mass is 10.1. The van der Waals surface area contributed by atoms with E-state index in [1.165, 1.54) is 28.0 Å². The number of nitrogens with zero attached hydrogens (tertiary/aromatic N) is 4. The molecule has 10 nitrogen and oxygen atoms in total. The Bertz CT molecular complexity index is 1930. The molecule has 0 bridgehead atoms. The largest absolute Gasteiger partial charge is 0.495 e. The number of halogens is 1. The third kappa shape index (κ3) is 5.43. The van der Waals surface area contributed by atoms with Gasteiger partial charge in [-0.05, 0) is 68.3 Å². The van der Waals surface area contributed by atoms with Gasteiger partial charge in [0, 0.05) is 17.6 Å². The van der Waals surface area contributed by atoms with Gasteiger partial charge in [0.1, 0.15) is 16.4 Å². The van der Waals surface area contributed by atoms with Gasteiger partial charge in [0.15, 0.2) is 0 Å². The first-order valence-corrected chi connectivity index (χ1v) is 15.3. The van der Waals surface area contributed by atoms with Crippen molar-refractivity contribution in [1.82, 2.24) is 18.7 Å². The zero-order valence-electron chi connectivity index (χ0n) is 22.8. The van der Waals surface area contributed by atoms with Gasteiger partial charge in [-0.15, -0.1) is 11.3 Å². The van der Waals surface area contributed by atoms with Crippen molar-refractivity contribution in [3.8, 4) is 27.6 Å². The van der Waals surface area contributed by atoms with E-state index < -0.39 is 24.7 Å². The van der Waals surface area contributed by atoms with Crippen LogP contribution < -0.4 is 16.0 Å². The average molecular weight is 599 g/mol. The second kappa shape index (κ2) is 11.2. The number of imidazole rings is 1. The molecule has 3 aromatic heterocycles. The standard InChI is InChI=1S/C28H28FN4O6PS/c1-5-39-40(36,37)13-12-32-27-24(26(34)33(28(32)35)21-9-7-20(29)8-10-21)18(3)25(41-27)19-6-11-22(23(14-19)38-4)31-15-17(2)30-16-31/h6-11,14-16H,5,12-13H2,1-4H3,(H,36,37). The van der Waals surface area contributed by atoms with Crippen molar-refractivity contribution in [3.63, 3.8) is 0 Å². The van der Waals surface area contributed by atoms with E-state index in [1.54, 1.807) is 27.3 Å². The van der Waals surface area contributed by atoms with Crippen molar-refractivity contribution in [2.45, 2.75) is 27.3 Å². The van der Waals surface area contributed by atoms with Crippen LogP contribution in [0.4, 0.5) is 4.39 Å². The predicted octanol–water partition coefficient (Wildman–Crippen LogP) is 5.05. The van der Waals surface area contributed by atoms with Crippen LogP contribution in [0.1, 0.15) is 18.2 Å². The number of thiophene rings is 1. The lowest BCUT2D eigenvalue weighted by Gasteiger charge is -2.14. The molecule has 0 saturated carbocycles. The van der Waals surface area contributed by atoms with E-state index in [9.17, 15) is 23.4 Å². The molecule has 0 radical (unpaired) electrons.